The summed E-state index contributed by atoms with van der Waals surface area (Å²) in [5.74, 6) is 0. The van der Waals surface area contributed by atoms with Crippen molar-refractivity contribution in [1.29, 1.82) is 0 Å². The quantitative estimate of drug-likeness (QED) is 0.0278. The van der Waals surface area contributed by atoms with Crippen molar-refractivity contribution in [2.75, 3.05) is 94.8 Å². The molecule has 0 aromatic rings. The van der Waals surface area contributed by atoms with Crippen LogP contribution >= 0.6 is 15.9 Å². The summed E-state index contributed by atoms with van der Waals surface area (Å²) in [6, 6.07) is 0. The zero-order chi connectivity index (χ0) is 41.3. The Morgan fingerprint density at radius 3 is 0.660 bits per heavy atom. The third kappa shape index (κ3) is 25.4. The molecule has 0 atom stereocenters. The van der Waals surface area contributed by atoms with E-state index in [-0.39, 0.29) is 0 Å². The highest BCUT2D eigenvalue weighted by molar-refractivity contribution is 7.79. The van der Waals surface area contributed by atoms with Gasteiger partial charge < -0.3 is 9.11 Å². The smallest absolute Gasteiger partial charge is 0.370 e. The second-order valence-electron chi connectivity index (χ2n) is 14.2. The molecule has 0 aromatic heterocycles. The summed E-state index contributed by atoms with van der Waals surface area (Å²) in [6.07, 6.45) is 19.5. The first-order chi connectivity index (χ1) is 25.0. The molecule has 0 unspecified atom stereocenters. The normalized spacial score (nSPS) is 12.6. The maximum Gasteiger partial charge on any atom is 0.370 e. The molecule has 0 aliphatic carbocycles. The van der Waals surface area contributed by atoms with Gasteiger partial charge in [0.15, 0.2) is 0 Å². The highest BCUT2D eigenvalue weighted by atomic mass is 32.3. The molecular weight excluding hydrogens is 730 g/mol. The molecule has 0 aliphatic heterocycles. The molecule has 0 N–H and O–H groups in total. The van der Waals surface area contributed by atoms with Crippen molar-refractivity contribution in [1.82, 2.24) is 28.0 Å². The van der Waals surface area contributed by atoms with Crippen molar-refractivity contribution in [3.05, 3.63) is 0 Å². The lowest BCUT2D eigenvalue weighted by atomic mass is 10.3. The number of rotatable bonds is 32. The standard InChI is InChI=1S/2C19H45N3OP.H2O4S/c2*1-8-12-16-20(5)24(23-19-15-11-4,21(6)17-13-9-2)22(7)18-14-10-3;1-5(2,3)4/h2*8-19H2,1-7H3;(H2,1,2,3,4)/q2*+1;/p-2. The average Bonchev–Trinajstić information content (AvgIpc) is 3.11. The van der Waals surface area contributed by atoms with E-state index in [0.29, 0.717) is 0 Å². The Hall–Kier alpha value is 0.410. The summed E-state index contributed by atoms with van der Waals surface area (Å²) in [5, 5.41) is 0. The van der Waals surface area contributed by atoms with Crippen molar-refractivity contribution in [3.63, 3.8) is 0 Å². The topological polar surface area (TPSA) is 118 Å². The molecule has 324 valence electrons. The summed E-state index contributed by atoms with van der Waals surface area (Å²) in [4.78, 5) is 0. The first kappa shape index (κ1) is 57.7. The minimum atomic E-state index is -5.17. The zero-order valence-corrected chi connectivity index (χ0v) is 40.0. The summed E-state index contributed by atoms with van der Waals surface area (Å²) in [7, 11) is 4.73. The predicted octanol–water partition coefficient (Wildman–Crippen LogP) is 10.0. The van der Waals surface area contributed by atoms with Gasteiger partial charge in [0.05, 0.1) is 13.2 Å². The first-order valence-corrected chi connectivity index (χ1v) is 25.5. The van der Waals surface area contributed by atoms with Crippen molar-refractivity contribution in [2.45, 2.75) is 158 Å². The van der Waals surface area contributed by atoms with Crippen LogP contribution in [-0.4, -0.2) is 140 Å². The fourth-order valence-corrected chi connectivity index (χ4v) is 13.4. The maximum absolute atomic E-state index is 8.52. The zero-order valence-electron chi connectivity index (χ0n) is 37.4. The molecule has 0 heterocycles. The van der Waals surface area contributed by atoms with Gasteiger partial charge in [0.2, 0.25) is 0 Å². The van der Waals surface area contributed by atoms with Gasteiger partial charge in [-0.25, -0.2) is 0 Å². The number of hydrogen-bond donors (Lipinski definition) is 0. The van der Waals surface area contributed by atoms with Crippen LogP contribution in [0.1, 0.15) is 158 Å². The fraction of sp³-hybridized carbons (Fsp3) is 1.00. The highest BCUT2D eigenvalue weighted by Gasteiger charge is 2.55. The third-order valence-corrected chi connectivity index (χ3v) is 16.8. The van der Waals surface area contributed by atoms with Gasteiger partial charge in [0.1, 0.15) is 0 Å². The molecular formula is C38H90N6O6P2S. The average molecular weight is 821 g/mol. The monoisotopic (exact) mass is 821 g/mol. The van der Waals surface area contributed by atoms with Gasteiger partial charge in [0.25, 0.3) is 0 Å². The Morgan fingerprint density at radius 2 is 0.528 bits per heavy atom. The third-order valence-electron chi connectivity index (χ3n) is 9.20. The molecule has 0 radical (unpaired) electrons. The van der Waals surface area contributed by atoms with Crippen LogP contribution in [0.5, 0.6) is 0 Å². The van der Waals surface area contributed by atoms with Gasteiger partial charge in [-0.1, -0.05) is 107 Å². The molecule has 0 aromatic carbocycles. The molecule has 12 nitrogen and oxygen atoms in total. The van der Waals surface area contributed by atoms with E-state index in [2.05, 4.69) is 126 Å². The molecule has 0 spiro atoms. The van der Waals surface area contributed by atoms with Crippen molar-refractivity contribution in [2.24, 2.45) is 0 Å². The Labute approximate surface area is 332 Å². The lowest BCUT2D eigenvalue weighted by molar-refractivity contribution is 0.205. The van der Waals surface area contributed by atoms with Gasteiger partial charge in [-0.2, -0.15) is 9.05 Å². The van der Waals surface area contributed by atoms with E-state index in [1.807, 2.05) is 0 Å². The van der Waals surface area contributed by atoms with Crippen LogP contribution in [0.2, 0.25) is 0 Å². The van der Waals surface area contributed by atoms with Crippen molar-refractivity contribution in [3.8, 4) is 0 Å². The summed E-state index contributed by atoms with van der Waals surface area (Å²) in [6.45, 7) is 26.5. The van der Waals surface area contributed by atoms with Crippen molar-refractivity contribution >= 4 is 26.3 Å². The van der Waals surface area contributed by atoms with E-state index < -0.39 is 26.3 Å². The van der Waals surface area contributed by atoms with Crippen LogP contribution in [0.25, 0.3) is 0 Å². The fourth-order valence-electron chi connectivity index (χ4n) is 5.92. The first-order valence-electron chi connectivity index (χ1n) is 21.0. The minimum Gasteiger partial charge on any atom is -0.759 e. The lowest BCUT2D eigenvalue weighted by Crippen LogP contribution is -2.43. The maximum atomic E-state index is 8.52. The highest BCUT2D eigenvalue weighted by Crippen LogP contribution is 2.67. The van der Waals surface area contributed by atoms with Crippen molar-refractivity contribution < 1.29 is 26.6 Å². The Kier molecular flexibility index (Phi) is 38.7. The van der Waals surface area contributed by atoms with Gasteiger partial charge in [-0.15, -0.1) is 28.0 Å². The molecule has 0 fully saturated rings. The second kappa shape index (κ2) is 35.6. The molecule has 15 heteroatoms. The predicted molar refractivity (Wildman–Crippen MR) is 231 cm³/mol. The van der Waals surface area contributed by atoms with E-state index in [1.165, 1.54) is 89.9 Å². The Bertz CT molecular complexity index is 778. The summed E-state index contributed by atoms with van der Waals surface area (Å²) >= 11 is 0. The van der Waals surface area contributed by atoms with E-state index in [1.54, 1.807) is 0 Å². The summed E-state index contributed by atoms with van der Waals surface area (Å²) in [5.41, 5.74) is 0. The van der Waals surface area contributed by atoms with E-state index in [9.17, 15) is 0 Å². The van der Waals surface area contributed by atoms with Crippen LogP contribution in [0.4, 0.5) is 0 Å². The SMILES string of the molecule is CCCCO[P+](N(C)CCCC)(N(C)CCCC)N(C)CCCC.CCCCO[P+](N(C)CCCC)(N(C)CCCC)N(C)CCCC.O=S(=O)([O-])[O-]. The van der Waals surface area contributed by atoms with E-state index in [4.69, 9.17) is 26.6 Å². The molecule has 0 rings (SSSR count). The molecule has 0 bridgehead atoms. The molecule has 0 aliphatic rings. The van der Waals surface area contributed by atoms with E-state index in [0.717, 1.165) is 65.3 Å². The number of hydrogen-bond acceptors (Lipinski definition) is 12. The Balaban J connectivity index is -0.000000835. The van der Waals surface area contributed by atoms with Gasteiger partial charge in [-0.05, 0) is 51.4 Å². The van der Waals surface area contributed by atoms with E-state index >= 15 is 0 Å². The molecule has 0 amide bonds. The number of nitrogens with zero attached hydrogens (tertiary/aromatic N) is 6. The molecule has 0 saturated carbocycles. The van der Waals surface area contributed by atoms with Crippen LogP contribution in [0, 0.1) is 0 Å². The Morgan fingerprint density at radius 1 is 0.377 bits per heavy atom. The van der Waals surface area contributed by atoms with Crippen LogP contribution in [-0.2, 0) is 19.4 Å². The van der Waals surface area contributed by atoms with Gasteiger partial charge >= 0.3 is 15.9 Å². The minimum absolute atomic E-state index is 0.869. The lowest BCUT2D eigenvalue weighted by Gasteiger charge is -2.41. The molecule has 53 heavy (non-hydrogen) atoms. The van der Waals surface area contributed by atoms with Crippen LogP contribution in [0.15, 0.2) is 0 Å². The second-order valence-corrected chi connectivity index (χ2v) is 21.7. The van der Waals surface area contributed by atoms with Crippen LogP contribution < -0.4 is 0 Å². The van der Waals surface area contributed by atoms with Crippen LogP contribution in [0.3, 0.4) is 0 Å². The largest absolute Gasteiger partial charge is 0.759 e. The summed E-state index contributed by atoms with van der Waals surface area (Å²) < 4.78 is 62.8. The van der Waals surface area contributed by atoms with Gasteiger partial charge in [-0.3, -0.25) is 8.42 Å². The number of unbranched alkanes of at least 4 members (excludes halogenated alkanes) is 8. The molecule has 0 saturated heterocycles. The van der Waals surface area contributed by atoms with Gasteiger partial charge in [0, 0.05) is 92.0 Å².